The van der Waals surface area contributed by atoms with Gasteiger partial charge in [-0.2, -0.15) is 0 Å². The fourth-order valence-electron chi connectivity index (χ4n) is 0.888. The van der Waals surface area contributed by atoms with Crippen LogP contribution in [0.15, 0.2) is 12.1 Å². The molecule has 0 aliphatic heterocycles. The molecule has 64 valence electrons. The van der Waals surface area contributed by atoms with Crippen LogP contribution < -0.4 is 4.74 Å². The molecule has 0 radical (unpaired) electrons. The van der Waals surface area contributed by atoms with Gasteiger partial charge in [-0.3, -0.25) is 4.79 Å². The van der Waals surface area contributed by atoms with Gasteiger partial charge in [0, 0.05) is 0 Å². The lowest BCUT2D eigenvalue weighted by Gasteiger charge is -2.06. The fourth-order valence-corrected chi connectivity index (χ4v) is 1.08. The maximum atomic E-state index is 10.5. The average molecular weight is 187 g/mol. The molecule has 0 aliphatic carbocycles. The van der Waals surface area contributed by atoms with Gasteiger partial charge in [-0.1, -0.05) is 11.6 Å². The van der Waals surface area contributed by atoms with Crippen LogP contribution in [-0.2, 0) is 0 Å². The van der Waals surface area contributed by atoms with Gasteiger partial charge in [-0.25, -0.2) is 0 Å². The van der Waals surface area contributed by atoms with Gasteiger partial charge in [0.25, 0.3) is 0 Å². The van der Waals surface area contributed by atoms with Crippen molar-refractivity contribution in [1.29, 1.82) is 0 Å². The Morgan fingerprint density at radius 2 is 2.25 bits per heavy atom. The van der Waals surface area contributed by atoms with Crippen molar-refractivity contribution in [3.63, 3.8) is 0 Å². The number of hydrogen-bond acceptors (Lipinski definition) is 3. The van der Waals surface area contributed by atoms with E-state index in [0.717, 1.165) is 0 Å². The van der Waals surface area contributed by atoms with Crippen LogP contribution in [0.25, 0.3) is 0 Å². The molecule has 0 atom stereocenters. The van der Waals surface area contributed by atoms with Crippen molar-refractivity contribution in [3.05, 3.63) is 22.7 Å². The molecule has 0 spiro atoms. The minimum atomic E-state index is -0.0935. The third-order valence-electron chi connectivity index (χ3n) is 1.44. The van der Waals surface area contributed by atoms with Crippen LogP contribution in [0, 0.1) is 0 Å². The zero-order valence-corrected chi connectivity index (χ0v) is 7.13. The Bertz CT molecular complexity index is 309. The smallest absolute Gasteiger partial charge is 0.172 e. The molecule has 0 unspecified atom stereocenters. The standard InChI is InChI=1S/C8H7ClO3/c1-12-8-5(4-10)6(9)2-3-7(8)11/h2-4,11H,1H3. The largest absolute Gasteiger partial charge is 0.504 e. The third-order valence-corrected chi connectivity index (χ3v) is 1.77. The Balaban J connectivity index is 3.38. The summed E-state index contributed by atoms with van der Waals surface area (Å²) in [6, 6.07) is 2.80. The number of phenols is 1. The molecule has 0 saturated carbocycles. The number of hydrogen-bond donors (Lipinski definition) is 1. The molecule has 3 nitrogen and oxygen atoms in total. The molecule has 1 N–H and O–H groups in total. The number of carbonyl (C=O) groups is 1. The highest BCUT2D eigenvalue weighted by Crippen LogP contribution is 2.33. The fraction of sp³-hybridized carbons (Fsp3) is 0.125. The first kappa shape index (κ1) is 8.87. The number of benzene rings is 1. The predicted molar refractivity (Wildman–Crippen MR) is 45.1 cm³/mol. The SMILES string of the molecule is COc1c(O)ccc(Cl)c1C=O. The number of halogens is 1. The van der Waals surface area contributed by atoms with Crippen LogP contribution in [-0.4, -0.2) is 18.5 Å². The molecule has 0 heterocycles. The highest BCUT2D eigenvalue weighted by molar-refractivity contribution is 6.33. The number of carbonyl (C=O) groups excluding carboxylic acids is 1. The van der Waals surface area contributed by atoms with Crippen molar-refractivity contribution < 1.29 is 14.6 Å². The average Bonchev–Trinajstić information content (AvgIpc) is 2.08. The first-order valence-corrected chi connectivity index (χ1v) is 3.59. The van der Waals surface area contributed by atoms with Crippen molar-refractivity contribution in [2.45, 2.75) is 0 Å². The second-order valence-corrected chi connectivity index (χ2v) is 2.54. The second kappa shape index (κ2) is 3.45. The molecule has 12 heavy (non-hydrogen) atoms. The van der Waals surface area contributed by atoms with Crippen LogP contribution in [0.2, 0.25) is 5.02 Å². The van der Waals surface area contributed by atoms with Gasteiger partial charge in [-0.05, 0) is 12.1 Å². The minimum absolute atomic E-state index is 0.0935. The van der Waals surface area contributed by atoms with Crippen molar-refractivity contribution >= 4 is 17.9 Å². The lowest BCUT2D eigenvalue weighted by atomic mass is 10.2. The van der Waals surface area contributed by atoms with E-state index in [1.54, 1.807) is 0 Å². The summed E-state index contributed by atoms with van der Waals surface area (Å²) >= 11 is 5.66. The van der Waals surface area contributed by atoms with Crippen LogP contribution in [0.3, 0.4) is 0 Å². The van der Waals surface area contributed by atoms with E-state index in [1.807, 2.05) is 0 Å². The number of aldehydes is 1. The van der Waals surface area contributed by atoms with Gasteiger partial charge in [0.15, 0.2) is 17.8 Å². The molecule has 4 heteroatoms. The molecular formula is C8H7ClO3. The quantitative estimate of drug-likeness (QED) is 0.718. The Morgan fingerprint density at radius 1 is 1.58 bits per heavy atom. The Labute approximate surface area is 74.5 Å². The van der Waals surface area contributed by atoms with E-state index in [0.29, 0.717) is 6.29 Å². The zero-order chi connectivity index (χ0) is 9.14. The first-order valence-electron chi connectivity index (χ1n) is 3.21. The first-order chi connectivity index (χ1) is 5.70. The molecule has 0 fully saturated rings. The summed E-state index contributed by atoms with van der Waals surface area (Å²) < 4.78 is 4.78. The summed E-state index contributed by atoms with van der Waals surface area (Å²) in [5.74, 6) is 0.0153. The number of methoxy groups -OCH3 is 1. The molecule has 0 bridgehead atoms. The highest BCUT2D eigenvalue weighted by atomic mass is 35.5. The van der Waals surface area contributed by atoms with Gasteiger partial charge in [0.05, 0.1) is 17.7 Å². The zero-order valence-electron chi connectivity index (χ0n) is 6.37. The maximum Gasteiger partial charge on any atom is 0.172 e. The van der Waals surface area contributed by atoms with E-state index in [2.05, 4.69) is 0 Å². The summed E-state index contributed by atoms with van der Waals surface area (Å²) in [7, 11) is 1.36. The van der Waals surface area contributed by atoms with Crippen LogP contribution in [0.4, 0.5) is 0 Å². The number of phenolic OH excluding ortho intramolecular Hbond substituents is 1. The monoisotopic (exact) mass is 186 g/mol. The van der Waals surface area contributed by atoms with Crippen molar-refractivity contribution in [2.75, 3.05) is 7.11 Å². The van der Waals surface area contributed by atoms with Crippen molar-refractivity contribution in [1.82, 2.24) is 0 Å². The molecular weight excluding hydrogens is 180 g/mol. The van der Waals surface area contributed by atoms with E-state index in [9.17, 15) is 9.90 Å². The Morgan fingerprint density at radius 3 is 2.67 bits per heavy atom. The number of aromatic hydroxyl groups is 1. The lowest BCUT2D eigenvalue weighted by Crippen LogP contribution is -1.91. The predicted octanol–water partition coefficient (Wildman–Crippen LogP) is 1.87. The van der Waals surface area contributed by atoms with E-state index in [1.165, 1.54) is 19.2 Å². The molecule has 0 aliphatic rings. The van der Waals surface area contributed by atoms with Crippen LogP contribution in [0.1, 0.15) is 10.4 Å². The van der Waals surface area contributed by atoms with E-state index >= 15 is 0 Å². The van der Waals surface area contributed by atoms with E-state index in [-0.39, 0.29) is 22.1 Å². The highest BCUT2D eigenvalue weighted by Gasteiger charge is 2.10. The topological polar surface area (TPSA) is 46.5 Å². The molecule has 1 aromatic rings. The molecule has 0 aromatic heterocycles. The third kappa shape index (κ3) is 1.36. The summed E-state index contributed by atoms with van der Waals surface area (Å²) in [6.45, 7) is 0. The Hall–Kier alpha value is -1.22. The van der Waals surface area contributed by atoms with E-state index in [4.69, 9.17) is 16.3 Å². The molecule has 0 saturated heterocycles. The molecule has 0 amide bonds. The second-order valence-electron chi connectivity index (χ2n) is 2.13. The lowest BCUT2D eigenvalue weighted by molar-refractivity contribution is 0.112. The summed E-state index contributed by atoms with van der Waals surface area (Å²) in [5.41, 5.74) is 0.166. The van der Waals surface area contributed by atoms with Gasteiger partial charge in [-0.15, -0.1) is 0 Å². The van der Waals surface area contributed by atoms with E-state index < -0.39 is 0 Å². The van der Waals surface area contributed by atoms with Gasteiger partial charge in [0.2, 0.25) is 0 Å². The van der Waals surface area contributed by atoms with Crippen LogP contribution in [0.5, 0.6) is 11.5 Å². The Kier molecular flexibility index (Phi) is 2.55. The van der Waals surface area contributed by atoms with Crippen LogP contribution >= 0.6 is 11.6 Å². The van der Waals surface area contributed by atoms with Crippen molar-refractivity contribution in [3.8, 4) is 11.5 Å². The van der Waals surface area contributed by atoms with Gasteiger partial charge in [0.1, 0.15) is 0 Å². The van der Waals surface area contributed by atoms with Gasteiger partial charge >= 0.3 is 0 Å². The number of ether oxygens (including phenoxy) is 1. The minimum Gasteiger partial charge on any atom is -0.504 e. The summed E-state index contributed by atoms with van der Waals surface area (Å²) in [6.07, 6.45) is 0.543. The summed E-state index contributed by atoms with van der Waals surface area (Å²) in [5, 5.41) is 9.47. The molecule has 1 aromatic carbocycles. The summed E-state index contributed by atoms with van der Waals surface area (Å²) in [4.78, 5) is 10.5. The van der Waals surface area contributed by atoms with Crippen molar-refractivity contribution in [2.24, 2.45) is 0 Å². The van der Waals surface area contributed by atoms with Gasteiger partial charge < -0.3 is 9.84 Å². The normalized spacial score (nSPS) is 9.50. The number of rotatable bonds is 2. The maximum absolute atomic E-state index is 10.5. The molecule has 1 rings (SSSR count).